The molecule has 0 aliphatic rings. The Kier molecular flexibility index (Phi) is 3.63. The largest absolute Gasteiger partial charge is 0.487 e. The van der Waals surface area contributed by atoms with E-state index in [1.54, 1.807) is 19.3 Å². The molecule has 0 unspecified atom stereocenters. The first-order valence-electron chi connectivity index (χ1n) is 6.61. The van der Waals surface area contributed by atoms with E-state index in [4.69, 9.17) is 9.15 Å². The number of rotatable bonds is 5. The molecule has 0 saturated carbocycles. The van der Waals surface area contributed by atoms with Gasteiger partial charge in [-0.25, -0.2) is 9.97 Å². The Labute approximate surface area is 121 Å². The summed E-state index contributed by atoms with van der Waals surface area (Å²) in [4.78, 5) is 16.5. The Morgan fingerprint density at radius 3 is 3.10 bits per heavy atom. The summed E-state index contributed by atoms with van der Waals surface area (Å²) < 4.78 is 11.1. The molecule has 0 radical (unpaired) electrons. The third-order valence-corrected chi connectivity index (χ3v) is 2.83. The molecule has 7 heteroatoms. The lowest BCUT2D eigenvalue weighted by atomic mass is 10.3. The van der Waals surface area contributed by atoms with Crippen LogP contribution >= 0.6 is 0 Å². The minimum absolute atomic E-state index is 0.0489. The number of anilines is 1. The molecular formula is C14H15N5O2. The van der Waals surface area contributed by atoms with Gasteiger partial charge in [-0.15, -0.1) is 0 Å². The van der Waals surface area contributed by atoms with Gasteiger partial charge in [-0.3, -0.25) is 4.98 Å². The molecule has 3 heterocycles. The predicted molar refractivity (Wildman–Crippen MR) is 77.2 cm³/mol. The second kappa shape index (κ2) is 5.74. The fourth-order valence-electron chi connectivity index (χ4n) is 1.92. The summed E-state index contributed by atoms with van der Waals surface area (Å²) >= 11 is 0. The lowest BCUT2D eigenvalue weighted by Crippen LogP contribution is -2.23. The monoisotopic (exact) mass is 285 g/mol. The molecule has 3 rings (SSSR count). The fourth-order valence-corrected chi connectivity index (χ4v) is 1.92. The number of ether oxygens (including phenoxy) is 1. The van der Waals surface area contributed by atoms with Crippen LogP contribution in [0.15, 0.2) is 35.3 Å². The minimum Gasteiger partial charge on any atom is -0.487 e. The van der Waals surface area contributed by atoms with E-state index < -0.39 is 0 Å². The van der Waals surface area contributed by atoms with Crippen LogP contribution in [-0.4, -0.2) is 32.6 Å². The maximum atomic E-state index is 5.74. The van der Waals surface area contributed by atoms with Gasteiger partial charge in [0.1, 0.15) is 18.2 Å². The van der Waals surface area contributed by atoms with E-state index in [9.17, 15) is 0 Å². The molecule has 3 aromatic rings. The molecule has 0 fully saturated rings. The summed E-state index contributed by atoms with van der Waals surface area (Å²) in [5.74, 6) is 1.93. The van der Waals surface area contributed by atoms with Crippen molar-refractivity contribution < 1.29 is 9.15 Å². The highest BCUT2D eigenvalue weighted by molar-refractivity contribution is 5.80. The number of pyridine rings is 1. The van der Waals surface area contributed by atoms with Gasteiger partial charge in [0.05, 0.1) is 12.7 Å². The van der Waals surface area contributed by atoms with Crippen LogP contribution < -0.4 is 10.1 Å². The zero-order chi connectivity index (χ0) is 14.7. The Morgan fingerprint density at radius 2 is 2.29 bits per heavy atom. The molecule has 0 bridgehead atoms. The SMILES string of the molecule is Cc1nc2c(NC[C@@H](C)Oc3cccnc3)ncnc2o1. The second-order valence-corrected chi connectivity index (χ2v) is 4.61. The van der Waals surface area contributed by atoms with E-state index in [0.717, 1.165) is 5.75 Å². The Balaban J connectivity index is 1.66. The van der Waals surface area contributed by atoms with Crippen molar-refractivity contribution in [3.05, 3.63) is 36.7 Å². The van der Waals surface area contributed by atoms with Gasteiger partial charge in [0.15, 0.2) is 17.2 Å². The lowest BCUT2D eigenvalue weighted by Gasteiger charge is -2.15. The van der Waals surface area contributed by atoms with Crippen LogP contribution in [0.4, 0.5) is 5.82 Å². The van der Waals surface area contributed by atoms with Crippen LogP contribution in [0.25, 0.3) is 11.2 Å². The first kappa shape index (κ1) is 13.3. The summed E-state index contributed by atoms with van der Waals surface area (Å²) in [6.07, 6.45) is 4.79. The van der Waals surface area contributed by atoms with Crippen LogP contribution in [0.5, 0.6) is 5.75 Å². The number of nitrogens with one attached hydrogen (secondary N) is 1. The van der Waals surface area contributed by atoms with Crippen molar-refractivity contribution >= 4 is 17.0 Å². The first-order valence-corrected chi connectivity index (χ1v) is 6.61. The van der Waals surface area contributed by atoms with Crippen LogP contribution in [0.2, 0.25) is 0 Å². The maximum Gasteiger partial charge on any atom is 0.252 e. The van der Waals surface area contributed by atoms with E-state index in [1.165, 1.54) is 6.33 Å². The van der Waals surface area contributed by atoms with Gasteiger partial charge in [-0.1, -0.05) is 0 Å². The van der Waals surface area contributed by atoms with Crippen molar-refractivity contribution in [2.45, 2.75) is 20.0 Å². The number of hydrogen-bond donors (Lipinski definition) is 1. The summed E-state index contributed by atoms with van der Waals surface area (Å²) in [5, 5.41) is 3.20. The highest BCUT2D eigenvalue weighted by atomic mass is 16.5. The first-order chi connectivity index (χ1) is 10.2. The molecule has 21 heavy (non-hydrogen) atoms. The molecule has 3 aromatic heterocycles. The Morgan fingerprint density at radius 1 is 1.38 bits per heavy atom. The van der Waals surface area contributed by atoms with Gasteiger partial charge in [-0.2, -0.15) is 4.98 Å². The van der Waals surface area contributed by atoms with Crippen molar-refractivity contribution in [1.29, 1.82) is 0 Å². The van der Waals surface area contributed by atoms with Gasteiger partial charge < -0.3 is 14.5 Å². The number of aryl methyl sites for hydroxylation is 1. The van der Waals surface area contributed by atoms with E-state index in [0.29, 0.717) is 29.5 Å². The predicted octanol–water partition coefficient (Wildman–Crippen LogP) is 2.20. The molecule has 0 saturated heterocycles. The van der Waals surface area contributed by atoms with E-state index in [2.05, 4.69) is 25.3 Å². The minimum atomic E-state index is -0.0489. The van der Waals surface area contributed by atoms with Crippen molar-refractivity contribution in [2.24, 2.45) is 0 Å². The van der Waals surface area contributed by atoms with Gasteiger partial charge in [-0.05, 0) is 19.1 Å². The van der Waals surface area contributed by atoms with E-state index in [1.807, 2.05) is 19.1 Å². The van der Waals surface area contributed by atoms with Crippen molar-refractivity contribution in [1.82, 2.24) is 19.9 Å². The quantitative estimate of drug-likeness (QED) is 0.769. The number of fused-ring (bicyclic) bond motifs is 1. The third-order valence-electron chi connectivity index (χ3n) is 2.83. The van der Waals surface area contributed by atoms with Crippen molar-refractivity contribution in [3.8, 4) is 5.75 Å². The highest BCUT2D eigenvalue weighted by Gasteiger charge is 2.11. The number of nitrogens with zero attached hydrogens (tertiary/aromatic N) is 4. The fraction of sp³-hybridized carbons (Fsp3) is 0.286. The van der Waals surface area contributed by atoms with Gasteiger partial charge >= 0.3 is 0 Å². The number of oxazole rings is 1. The lowest BCUT2D eigenvalue weighted by molar-refractivity contribution is 0.234. The van der Waals surface area contributed by atoms with Crippen LogP contribution in [0.1, 0.15) is 12.8 Å². The van der Waals surface area contributed by atoms with Gasteiger partial charge in [0, 0.05) is 13.1 Å². The number of aromatic nitrogens is 4. The summed E-state index contributed by atoms with van der Waals surface area (Å²) in [6.45, 7) is 4.32. The van der Waals surface area contributed by atoms with Crippen molar-refractivity contribution in [3.63, 3.8) is 0 Å². The molecular weight excluding hydrogens is 270 g/mol. The summed E-state index contributed by atoms with van der Waals surface area (Å²) in [5.41, 5.74) is 1.11. The molecule has 0 aromatic carbocycles. The molecule has 7 nitrogen and oxygen atoms in total. The summed E-state index contributed by atoms with van der Waals surface area (Å²) in [7, 11) is 0. The molecule has 0 amide bonds. The van der Waals surface area contributed by atoms with Gasteiger partial charge in [0.2, 0.25) is 0 Å². The smallest absolute Gasteiger partial charge is 0.252 e. The molecule has 0 aliphatic heterocycles. The zero-order valence-corrected chi connectivity index (χ0v) is 11.8. The molecule has 0 spiro atoms. The van der Waals surface area contributed by atoms with E-state index in [-0.39, 0.29) is 6.10 Å². The Bertz CT molecular complexity index is 729. The molecule has 0 aliphatic carbocycles. The average molecular weight is 285 g/mol. The molecule has 108 valence electrons. The topological polar surface area (TPSA) is 86.0 Å². The zero-order valence-electron chi connectivity index (χ0n) is 11.8. The normalized spacial score (nSPS) is 12.3. The highest BCUT2D eigenvalue weighted by Crippen LogP contribution is 2.19. The standard InChI is InChI=1S/C14H15N5O2/c1-9(20-11-4-3-5-15-7-11)6-16-13-12-14(18-8-17-13)21-10(2)19-12/h3-5,7-9H,6H2,1-2H3,(H,16,17,18)/t9-/m1/s1. The van der Waals surface area contributed by atoms with Crippen LogP contribution in [-0.2, 0) is 0 Å². The molecule has 1 atom stereocenters. The van der Waals surface area contributed by atoms with E-state index >= 15 is 0 Å². The Hall–Kier alpha value is -2.70. The maximum absolute atomic E-state index is 5.74. The molecule has 1 N–H and O–H groups in total. The summed E-state index contributed by atoms with van der Waals surface area (Å²) in [6, 6.07) is 3.70. The number of hydrogen-bond acceptors (Lipinski definition) is 7. The van der Waals surface area contributed by atoms with Crippen molar-refractivity contribution in [2.75, 3.05) is 11.9 Å². The average Bonchev–Trinajstić information content (AvgIpc) is 2.87. The van der Waals surface area contributed by atoms with Gasteiger partial charge in [0.25, 0.3) is 5.71 Å². The van der Waals surface area contributed by atoms with Crippen LogP contribution in [0.3, 0.4) is 0 Å². The third kappa shape index (κ3) is 3.07. The van der Waals surface area contributed by atoms with Crippen LogP contribution in [0, 0.1) is 6.92 Å². The second-order valence-electron chi connectivity index (χ2n) is 4.61.